The number of ether oxygens (including phenoxy) is 1. The first-order valence-corrected chi connectivity index (χ1v) is 7.22. The van der Waals surface area contributed by atoms with Crippen LogP contribution in [0.4, 0.5) is 4.79 Å². The Hall–Kier alpha value is -1.28. The predicted molar refractivity (Wildman–Crippen MR) is 70.1 cm³/mol. The summed E-state index contributed by atoms with van der Waals surface area (Å²) >= 11 is 1.78. The molecular weight excluding hydrogens is 272 g/mol. The SMILES string of the molecule is CSC1CCC(NC(=O)NC(=O)COCC(=O)O)C1. The normalized spacial score (nSPS) is 21.9. The second-order valence-corrected chi connectivity index (χ2v) is 5.41. The van der Waals surface area contributed by atoms with Gasteiger partial charge < -0.3 is 15.2 Å². The Kier molecular flexibility index (Phi) is 6.65. The number of rotatable bonds is 6. The number of aliphatic carboxylic acids is 1. The van der Waals surface area contributed by atoms with Gasteiger partial charge in [-0.2, -0.15) is 11.8 Å². The van der Waals surface area contributed by atoms with Gasteiger partial charge >= 0.3 is 12.0 Å². The van der Waals surface area contributed by atoms with Gasteiger partial charge in [0.1, 0.15) is 13.2 Å². The molecule has 2 atom stereocenters. The van der Waals surface area contributed by atoms with E-state index in [1.54, 1.807) is 11.8 Å². The molecule has 0 heterocycles. The first-order chi connectivity index (χ1) is 9.01. The number of amides is 3. The van der Waals surface area contributed by atoms with Crippen LogP contribution >= 0.6 is 11.8 Å². The fourth-order valence-corrected chi connectivity index (χ4v) is 2.70. The van der Waals surface area contributed by atoms with E-state index in [2.05, 4.69) is 15.4 Å². The number of thioether (sulfide) groups is 1. The van der Waals surface area contributed by atoms with E-state index in [1.165, 1.54) is 0 Å². The Morgan fingerprint density at radius 2 is 2.05 bits per heavy atom. The summed E-state index contributed by atoms with van der Waals surface area (Å²) in [7, 11) is 0. The fraction of sp³-hybridized carbons (Fsp3) is 0.727. The highest BCUT2D eigenvalue weighted by Crippen LogP contribution is 2.27. The first-order valence-electron chi connectivity index (χ1n) is 5.94. The second-order valence-electron chi connectivity index (χ2n) is 4.28. The molecule has 3 amide bonds. The van der Waals surface area contributed by atoms with Gasteiger partial charge in [-0.05, 0) is 25.5 Å². The van der Waals surface area contributed by atoms with Crippen molar-refractivity contribution in [3.8, 4) is 0 Å². The zero-order valence-corrected chi connectivity index (χ0v) is 11.5. The van der Waals surface area contributed by atoms with Crippen LogP contribution < -0.4 is 10.6 Å². The zero-order valence-electron chi connectivity index (χ0n) is 10.7. The van der Waals surface area contributed by atoms with Crippen molar-refractivity contribution in [3.05, 3.63) is 0 Å². The van der Waals surface area contributed by atoms with Crippen LogP contribution in [0.1, 0.15) is 19.3 Å². The van der Waals surface area contributed by atoms with Crippen molar-refractivity contribution in [1.82, 2.24) is 10.6 Å². The smallest absolute Gasteiger partial charge is 0.329 e. The van der Waals surface area contributed by atoms with Crippen LogP contribution in [0, 0.1) is 0 Å². The van der Waals surface area contributed by atoms with Gasteiger partial charge in [-0.25, -0.2) is 9.59 Å². The average molecular weight is 290 g/mol. The Morgan fingerprint density at radius 1 is 1.32 bits per heavy atom. The number of nitrogens with one attached hydrogen (secondary N) is 2. The summed E-state index contributed by atoms with van der Waals surface area (Å²) in [5.74, 6) is -1.82. The van der Waals surface area contributed by atoms with Crippen molar-refractivity contribution in [3.63, 3.8) is 0 Å². The molecule has 0 aromatic heterocycles. The van der Waals surface area contributed by atoms with Gasteiger partial charge in [0.2, 0.25) is 0 Å². The number of carboxylic acid groups (broad SMARTS) is 1. The van der Waals surface area contributed by atoms with E-state index < -0.39 is 31.1 Å². The van der Waals surface area contributed by atoms with Gasteiger partial charge in [0, 0.05) is 11.3 Å². The van der Waals surface area contributed by atoms with Gasteiger partial charge in [-0.15, -0.1) is 0 Å². The number of urea groups is 1. The predicted octanol–water partition coefficient (Wildman–Crippen LogP) is 0.197. The maximum Gasteiger partial charge on any atom is 0.329 e. The lowest BCUT2D eigenvalue weighted by molar-refractivity contribution is -0.143. The maximum absolute atomic E-state index is 11.5. The van der Waals surface area contributed by atoms with Crippen molar-refractivity contribution in [2.75, 3.05) is 19.5 Å². The molecule has 0 aromatic carbocycles. The Labute approximate surface area is 115 Å². The minimum Gasteiger partial charge on any atom is -0.480 e. The third-order valence-electron chi connectivity index (χ3n) is 2.76. The van der Waals surface area contributed by atoms with E-state index in [9.17, 15) is 14.4 Å². The summed E-state index contributed by atoms with van der Waals surface area (Å²) in [6, 6.07) is -0.471. The molecular formula is C11H18N2O5S. The molecule has 1 fully saturated rings. The van der Waals surface area contributed by atoms with Crippen LogP contribution in [0.2, 0.25) is 0 Å². The summed E-state index contributed by atoms with van der Waals surface area (Å²) in [4.78, 5) is 32.9. The lowest BCUT2D eigenvalue weighted by Crippen LogP contribution is -2.45. The Balaban J connectivity index is 2.16. The molecule has 0 aromatic rings. The standard InChI is InChI=1S/C11H18N2O5S/c1-19-8-3-2-7(4-8)12-11(17)13-9(14)5-18-6-10(15)16/h7-8H,2-6H2,1H3,(H,15,16)(H2,12,13,14,17). The van der Waals surface area contributed by atoms with E-state index in [0.29, 0.717) is 5.25 Å². The molecule has 1 aliphatic carbocycles. The summed E-state index contributed by atoms with van der Waals surface area (Å²) in [6.07, 6.45) is 4.90. The monoisotopic (exact) mass is 290 g/mol. The first kappa shape index (κ1) is 15.8. The van der Waals surface area contributed by atoms with Gasteiger partial charge in [-0.3, -0.25) is 10.1 Å². The molecule has 1 saturated carbocycles. The van der Waals surface area contributed by atoms with Crippen molar-refractivity contribution in [2.45, 2.75) is 30.6 Å². The second kappa shape index (κ2) is 8.00. The van der Waals surface area contributed by atoms with Gasteiger partial charge in [0.25, 0.3) is 5.91 Å². The summed E-state index contributed by atoms with van der Waals surface area (Å²) in [5.41, 5.74) is 0. The summed E-state index contributed by atoms with van der Waals surface area (Å²) in [6.45, 7) is -1.01. The molecule has 0 aliphatic heterocycles. The molecule has 0 saturated heterocycles. The van der Waals surface area contributed by atoms with E-state index in [0.717, 1.165) is 19.3 Å². The Morgan fingerprint density at radius 3 is 2.63 bits per heavy atom. The molecule has 0 spiro atoms. The van der Waals surface area contributed by atoms with E-state index in [4.69, 9.17) is 5.11 Å². The number of carboxylic acids is 1. The number of hydrogen-bond donors (Lipinski definition) is 3. The molecule has 2 unspecified atom stereocenters. The quantitative estimate of drug-likeness (QED) is 0.645. The number of carbonyl (C=O) groups is 3. The fourth-order valence-electron chi connectivity index (χ4n) is 1.90. The van der Waals surface area contributed by atoms with Crippen molar-refractivity contribution < 1.29 is 24.2 Å². The molecule has 1 aliphatic rings. The van der Waals surface area contributed by atoms with Gasteiger partial charge in [0.15, 0.2) is 0 Å². The largest absolute Gasteiger partial charge is 0.480 e. The molecule has 0 radical (unpaired) electrons. The third-order valence-corrected chi connectivity index (χ3v) is 3.86. The number of carbonyl (C=O) groups excluding carboxylic acids is 2. The summed E-state index contributed by atoms with van der Waals surface area (Å²) < 4.78 is 4.57. The molecule has 7 nitrogen and oxygen atoms in total. The van der Waals surface area contributed by atoms with Crippen LogP contribution in [0.15, 0.2) is 0 Å². The molecule has 3 N–H and O–H groups in total. The third kappa shape index (κ3) is 6.44. The lowest BCUT2D eigenvalue weighted by Gasteiger charge is -2.13. The van der Waals surface area contributed by atoms with Crippen LogP contribution in [0.5, 0.6) is 0 Å². The van der Waals surface area contributed by atoms with E-state index >= 15 is 0 Å². The molecule has 0 bridgehead atoms. The number of imide groups is 1. The maximum atomic E-state index is 11.5. The van der Waals surface area contributed by atoms with Crippen LogP contribution in [0.25, 0.3) is 0 Å². The zero-order chi connectivity index (χ0) is 14.3. The van der Waals surface area contributed by atoms with Gasteiger partial charge in [0.05, 0.1) is 0 Å². The molecule has 108 valence electrons. The van der Waals surface area contributed by atoms with E-state index in [-0.39, 0.29) is 6.04 Å². The Bertz CT molecular complexity index is 350. The molecule has 19 heavy (non-hydrogen) atoms. The highest BCUT2D eigenvalue weighted by molar-refractivity contribution is 7.99. The van der Waals surface area contributed by atoms with Crippen molar-refractivity contribution in [1.29, 1.82) is 0 Å². The molecule has 8 heteroatoms. The van der Waals surface area contributed by atoms with Crippen LogP contribution in [-0.2, 0) is 14.3 Å². The van der Waals surface area contributed by atoms with Crippen LogP contribution in [-0.4, -0.2) is 53.8 Å². The minimum absolute atomic E-state index is 0.0881. The highest BCUT2D eigenvalue weighted by Gasteiger charge is 2.25. The van der Waals surface area contributed by atoms with Gasteiger partial charge in [-0.1, -0.05) is 0 Å². The minimum atomic E-state index is -1.16. The van der Waals surface area contributed by atoms with Crippen LogP contribution in [0.3, 0.4) is 0 Å². The summed E-state index contributed by atoms with van der Waals surface area (Å²) in [5, 5.41) is 13.7. The lowest BCUT2D eigenvalue weighted by atomic mass is 10.2. The topological polar surface area (TPSA) is 105 Å². The molecule has 1 rings (SSSR count). The van der Waals surface area contributed by atoms with E-state index in [1.807, 2.05) is 6.26 Å². The average Bonchev–Trinajstić information content (AvgIpc) is 2.75. The highest BCUT2D eigenvalue weighted by atomic mass is 32.2. The van der Waals surface area contributed by atoms with Crippen molar-refractivity contribution >= 4 is 29.7 Å². The van der Waals surface area contributed by atoms with Crippen molar-refractivity contribution in [2.24, 2.45) is 0 Å². The number of hydrogen-bond acceptors (Lipinski definition) is 5.